The Bertz CT molecular complexity index is 323. The molecule has 2 aliphatic carbocycles. The molecule has 2 saturated carbocycles. The molecule has 1 aromatic carbocycles. The maximum Gasteiger partial charge on any atom is 0.0351 e. The lowest BCUT2D eigenvalue weighted by molar-refractivity contribution is 0.406. The van der Waals surface area contributed by atoms with E-state index in [1.165, 1.54) is 44.1 Å². The number of nitrogens with one attached hydrogen (secondary N) is 1. The Balaban J connectivity index is 1.71. The van der Waals surface area contributed by atoms with Gasteiger partial charge in [0.05, 0.1) is 0 Å². The molecule has 1 aromatic rings. The van der Waals surface area contributed by atoms with Crippen molar-refractivity contribution in [3.8, 4) is 0 Å². The van der Waals surface area contributed by atoms with Crippen LogP contribution in [0, 0.1) is 5.92 Å². The molecule has 0 bridgehead atoms. The van der Waals surface area contributed by atoms with Crippen molar-refractivity contribution in [2.24, 2.45) is 5.92 Å². The summed E-state index contributed by atoms with van der Waals surface area (Å²) in [4.78, 5) is 0. The molecule has 0 aromatic heterocycles. The smallest absolute Gasteiger partial charge is 0.0351 e. The van der Waals surface area contributed by atoms with E-state index >= 15 is 0 Å². The van der Waals surface area contributed by atoms with Crippen LogP contribution in [0.1, 0.15) is 50.1 Å². The number of hydrogen-bond acceptors (Lipinski definition) is 1. The summed E-state index contributed by atoms with van der Waals surface area (Å²) in [5.41, 5.74) is 1.50. The van der Waals surface area contributed by atoms with Crippen LogP contribution < -0.4 is 5.32 Å². The Morgan fingerprint density at radius 2 is 1.62 bits per heavy atom. The minimum absolute atomic E-state index is 0.629. The SMILES string of the molecule is c1ccc(C(NC2CCCC2)C2CC2)cc1. The lowest BCUT2D eigenvalue weighted by atomic mass is 10.0. The van der Waals surface area contributed by atoms with Crippen molar-refractivity contribution in [3.63, 3.8) is 0 Å². The van der Waals surface area contributed by atoms with Gasteiger partial charge >= 0.3 is 0 Å². The monoisotopic (exact) mass is 215 g/mol. The minimum Gasteiger partial charge on any atom is -0.307 e. The van der Waals surface area contributed by atoms with Gasteiger partial charge in [-0.25, -0.2) is 0 Å². The molecular weight excluding hydrogens is 194 g/mol. The van der Waals surface area contributed by atoms with E-state index in [2.05, 4.69) is 35.6 Å². The van der Waals surface area contributed by atoms with E-state index in [4.69, 9.17) is 0 Å². The van der Waals surface area contributed by atoms with E-state index < -0.39 is 0 Å². The molecule has 0 heterocycles. The molecule has 0 saturated heterocycles. The van der Waals surface area contributed by atoms with E-state index in [-0.39, 0.29) is 0 Å². The molecule has 1 heteroatoms. The fraction of sp³-hybridized carbons (Fsp3) is 0.600. The van der Waals surface area contributed by atoms with E-state index in [0.29, 0.717) is 6.04 Å². The van der Waals surface area contributed by atoms with Crippen molar-refractivity contribution in [1.82, 2.24) is 5.32 Å². The summed E-state index contributed by atoms with van der Waals surface area (Å²) in [6.45, 7) is 0. The Kier molecular flexibility index (Phi) is 2.96. The third-order valence-electron chi connectivity index (χ3n) is 4.02. The Hall–Kier alpha value is -0.820. The average molecular weight is 215 g/mol. The van der Waals surface area contributed by atoms with Gasteiger partial charge in [0.25, 0.3) is 0 Å². The molecule has 0 amide bonds. The van der Waals surface area contributed by atoms with Gasteiger partial charge in [-0.05, 0) is 37.2 Å². The van der Waals surface area contributed by atoms with Crippen LogP contribution in [0.4, 0.5) is 0 Å². The van der Waals surface area contributed by atoms with Gasteiger partial charge in [-0.3, -0.25) is 0 Å². The Morgan fingerprint density at radius 1 is 0.938 bits per heavy atom. The molecule has 2 fully saturated rings. The molecule has 86 valence electrons. The predicted molar refractivity (Wildman–Crippen MR) is 67.3 cm³/mol. The second-order valence-electron chi connectivity index (χ2n) is 5.37. The van der Waals surface area contributed by atoms with Gasteiger partial charge in [-0.2, -0.15) is 0 Å². The predicted octanol–water partition coefficient (Wildman–Crippen LogP) is 3.67. The largest absolute Gasteiger partial charge is 0.307 e. The molecule has 0 radical (unpaired) electrons. The van der Waals surface area contributed by atoms with Crippen molar-refractivity contribution in [3.05, 3.63) is 35.9 Å². The quantitative estimate of drug-likeness (QED) is 0.808. The summed E-state index contributed by atoms with van der Waals surface area (Å²) in [7, 11) is 0. The van der Waals surface area contributed by atoms with Crippen LogP contribution in [-0.4, -0.2) is 6.04 Å². The van der Waals surface area contributed by atoms with E-state index in [1.807, 2.05) is 0 Å². The zero-order valence-corrected chi connectivity index (χ0v) is 9.86. The van der Waals surface area contributed by atoms with Gasteiger partial charge in [-0.15, -0.1) is 0 Å². The summed E-state index contributed by atoms with van der Waals surface area (Å²) >= 11 is 0. The maximum atomic E-state index is 3.89. The summed E-state index contributed by atoms with van der Waals surface area (Å²) < 4.78 is 0. The topological polar surface area (TPSA) is 12.0 Å². The average Bonchev–Trinajstić information content (AvgIpc) is 3.05. The van der Waals surface area contributed by atoms with Crippen LogP contribution in [0.2, 0.25) is 0 Å². The lowest BCUT2D eigenvalue weighted by Gasteiger charge is -2.23. The van der Waals surface area contributed by atoms with Gasteiger partial charge in [0.1, 0.15) is 0 Å². The van der Waals surface area contributed by atoms with Gasteiger partial charge in [0.15, 0.2) is 0 Å². The van der Waals surface area contributed by atoms with Crippen LogP contribution in [0.15, 0.2) is 30.3 Å². The highest BCUT2D eigenvalue weighted by Crippen LogP contribution is 2.41. The number of benzene rings is 1. The van der Waals surface area contributed by atoms with Gasteiger partial charge in [-0.1, -0.05) is 43.2 Å². The summed E-state index contributed by atoms with van der Waals surface area (Å²) in [5.74, 6) is 0.906. The van der Waals surface area contributed by atoms with E-state index in [0.717, 1.165) is 12.0 Å². The molecule has 1 atom stereocenters. The fourth-order valence-electron chi connectivity index (χ4n) is 2.94. The second kappa shape index (κ2) is 4.58. The van der Waals surface area contributed by atoms with Gasteiger partial charge in [0, 0.05) is 12.1 Å². The first-order chi connectivity index (χ1) is 7.93. The first-order valence-electron chi connectivity index (χ1n) is 6.74. The summed E-state index contributed by atoms with van der Waals surface area (Å²) in [6, 6.07) is 12.4. The van der Waals surface area contributed by atoms with Crippen LogP contribution in [0.25, 0.3) is 0 Å². The molecule has 1 N–H and O–H groups in total. The molecule has 0 spiro atoms. The number of rotatable bonds is 4. The molecule has 2 aliphatic rings. The van der Waals surface area contributed by atoms with E-state index in [9.17, 15) is 0 Å². The molecule has 16 heavy (non-hydrogen) atoms. The lowest BCUT2D eigenvalue weighted by Crippen LogP contribution is -2.31. The van der Waals surface area contributed by atoms with Crippen LogP contribution in [0.5, 0.6) is 0 Å². The summed E-state index contributed by atoms with van der Waals surface area (Å²) in [5, 5.41) is 3.89. The molecule has 1 unspecified atom stereocenters. The van der Waals surface area contributed by atoms with Gasteiger partial charge < -0.3 is 5.32 Å². The summed E-state index contributed by atoms with van der Waals surface area (Å²) in [6.07, 6.45) is 8.44. The molecule has 0 aliphatic heterocycles. The highest BCUT2D eigenvalue weighted by Gasteiger charge is 2.33. The third kappa shape index (κ3) is 2.30. The van der Waals surface area contributed by atoms with Crippen molar-refractivity contribution in [1.29, 1.82) is 0 Å². The number of hydrogen-bond donors (Lipinski definition) is 1. The molecule has 3 rings (SSSR count). The highest BCUT2D eigenvalue weighted by molar-refractivity contribution is 5.21. The normalized spacial score (nSPS) is 23.5. The van der Waals surface area contributed by atoms with Gasteiger partial charge in [0.2, 0.25) is 0 Å². The first-order valence-corrected chi connectivity index (χ1v) is 6.74. The zero-order valence-electron chi connectivity index (χ0n) is 9.86. The fourth-order valence-corrected chi connectivity index (χ4v) is 2.94. The highest BCUT2D eigenvalue weighted by atomic mass is 15.0. The Labute approximate surface area is 98.3 Å². The zero-order chi connectivity index (χ0) is 10.8. The standard InChI is InChI=1S/C15H21N/c1-2-6-12(7-3-1)15(13-10-11-13)16-14-8-4-5-9-14/h1-3,6-7,13-16H,4-5,8-11H2. The van der Waals surface area contributed by atoms with Crippen LogP contribution >= 0.6 is 0 Å². The first kappa shape index (κ1) is 10.3. The maximum absolute atomic E-state index is 3.89. The van der Waals surface area contributed by atoms with Crippen molar-refractivity contribution in [2.75, 3.05) is 0 Å². The Morgan fingerprint density at radius 3 is 2.25 bits per heavy atom. The van der Waals surface area contributed by atoms with Crippen molar-refractivity contribution < 1.29 is 0 Å². The minimum atomic E-state index is 0.629. The van der Waals surface area contributed by atoms with Crippen LogP contribution in [-0.2, 0) is 0 Å². The van der Waals surface area contributed by atoms with E-state index in [1.54, 1.807) is 0 Å². The van der Waals surface area contributed by atoms with Crippen LogP contribution in [0.3, 0.4) is 0 Å². The molecular formula is C15H21N. The molecule has 1 nitrogen and oxygen atoms in total. The second-order valence-corrected chi connectivity index (χ2v) is 5.37. The van der Waals surface area contributed by atoms with Crippen molar-refractivity contribution >= 4 is 0 Å². The third-order valence-corrected chi connectivity index (χ3v) is 4.02. The van der Waals surface area contributed by atoms with Crippen molar-refractivity contribution in [2.45, 2.75) is 50.6 Å².